The van der Waals surface area contributed by atoms with Gasteiger partial charge in [-0.05, 0) is 0 Å². The molecule has 2 N–H and O–H groups in total. The van der Waals surface area contributed by atoms with E-state index >= 15 is 0 Å². The van der Waals surface area contributed by atoms with Gasteiger partial charge in [-0.2, -0.15) is 8.42 Å². The molecule has 0 rings (SSSR count). The van der Waals surface area contributed by atoms with Crippen LogP contribution in [0.3, 0.4) is 0 Å². The first-order chi connectivity index (χ1) is 3.00. The summed E-state index contributed by atoms with van der Waals surface area (Å²) in [6.45, 7) is 0. The minimum atomic E-state index is -4.67. The average molecular weight is 165 g/mol. The standard InChI is InChI=1S/H2O4S.O.V/c1-5(2,3)4;;/h(H2,1,2,3,4);;. The summed E-state index contributed by atoms with van der Waals surface area (Å²) in [4.78, 5) is 0. The minimum absolute atomic E-state index is 1.06. The van der Waals surface area contributed by atoms with E-state index in [4.69, 9.17) is 21.2 Å². The van der Waals surface area contributed by atoms with Crippen molar-refractivity contribution >= 4 is 10.4 Å². The Morgan fingerprint density at radius 3 is 1.14 bits per heavy atom. The molecule has 0 radical (unpaired) electrons. The molecule has 0 spiro atoms. The molecule has 0 aromatic rings. The Kier molecular flexibility index (Phi) is 6.48. The van der Waals surface area contributed by atoms with E-state index in [2.05, 4.69) is 0 Å². The molecule has 0 amide bonds. The van der Waals surface area contributed by atoms with Crippen molar-refractivity contribution in [2.24, 2.45) is 0 Å². The van der Waals surface area contributed by atoms with Gasteiger partial charge in [-0.25, -0.2) is 0 Å². The van der Waals surface area contributed by atoms with Gasteiger partial charge in [-0.15, -0.1) is 0 Å². The monoisotopic (exact) mass is 165 g/mol. The van der Waals surface area contributed by atoms with Gasteiger partial charge in [-0.1, -0.05) is 0 Å². The summed E-state index contributed by atoms with van der Waals surface area (Å²) in [7, 11) is -4.67. The molecule has 7 heteroatoms. The average Bonchev–Trinajstić information content (AvgIpc) is 1.36. The summed E-state index contributed by atoms with van der Waals surface area (Å²) in [5, 5.41) is 0. The second kappa shape index (κ2) is 4.41. The number of hydrogen-bond donors (Lipinski definition) is 2. The summed E-state index contributed by atoms with van der Waals surface area (Å²) < 4.78 is 39.8. The van der Waals surface area contributed by atoms with Gasteiger partial charge in [0, 0.05) is 0 Å². The normalized spacial score (nSPS) is 8.71. The molecule has 7 heavy (non-hydrogen) atoms. The molecule has 0 aromatic carbocycles. The maximum absolute atomic E-state index is 8.74. The Morgan fingerprint density at radius 2 is 1.14 bits per heavy atom. The van der Waals surface area contributed by atoms with Crippen LogP contribution in [0.2, 0.25) is 0 Å². The van der Waals surface area contributed by atoms with Crippen LogP contribution < -0.4 is 0 Å². The second-order valence-corrected chi connectivity index (χ2v) is 1.34. The first kappa shape index (κ1) is 10.3. The fourth-order valence-electron chi connectivity index (χ4n) is 0. The summed E-state index contributed by atoms with van der Waals surface area (Å²) in [6, 6.07) is 0. The first-order valence-electron chi connectivity index (χ1n) is 0.881. The van der Waals surface area contributed by atoms with Gasteiger partial charge in [0.15, 0.2) is 0 Å². The van der Waals surface area contributed by atoms with E-state index in [9.17, 15) is 0 Å². The van der Waals surface area contributed by atoms with Crippen molar-refractivity contribution < 1.29 is 38.6 Å². The van der Waals surface area contributed by atoms with Gasteiger partial charge in [0.1, 0.15) is 0 Å². The molecule has 0 saturated carbocycles. The van der Waals surface area contributed by atoms with Crippen molar-refractivity contribution in [1.82, 2.24) is 0 Å². The zero-order valence-corrected chi connectivity index (χ0v) is 5.19. The van der Waals surface area contributed by atoms with Crippen LogP contribution in [0.25, 0.3) is 0 Å². The van der Waals surface area contributed by atoms with Crippen LogP contribution in [-0.4, -0.2) is 17.5 Å². The van der Waals surface area contributed by atoms with Crippen molar-refractivity contribution in [1.29, 1.82) is 0 Å². The summed E-state index contributed by atoms with van der Waals surface area (Å²) in [5.41, 5.74) is 0. The molecule has 0 unspecified atom stereocenters. The molecule has 43 valence electrons. The Bertz CT molecular complexity index is 102. The van der Waals surface area contributed by atoms with Gasteiger partial charge in [0.25, 0.3) is 0 Å². The zero-order valence-electron chi connectivity index (χ0n) is 2.97. The molecule has 0 bridgehead atoms. The fraction of sp³-hybridized carbons (Fsp3) is 0. The molecule has 0 aliphatic heterocycles. The molecular formula is H2O5SV. The van der Waals surface area contributed by atoms with Crippen LogP contribution >= 0.6 is 0 Å². The van der Waals surface area contributed by atoms with E-state index in [-0.39, 0.29) is 0 Å². The van der Waals surface area contributed by atoms with Crippen molar-refractivity contribution in [3.63, 3.8) is 0 Å². The third kappa shape index (κ3) is 1750. The van der Waals surface area contributed by atoms with E-state index in [1.165, 1.54) is 0 Å². The van der Waals surface area contributed by atoms with Crippen molar-refractivity contribution in [2.75, 3.05) is 0 Å². The maximum atomic E-state index is 8.74. The molecule has 0 heterocycles. The van der Waals surface area contributed by atoms with Gasteiger partial charge in [0.2, 0.25) is 0 Å². The van der Waals surface area contributed by atoms with E-state index in [1.54, 1.807) is 0 Å². The Morgan fingerprint density at radius 1 is 1.14 bits per heavy atom. The Hall–Kier alpha value is 0.254. The van der Waals surface area contributed by atoms with Gasteiger partial charge < -0.3 is 0 Å². The molecule has 5 nitrogen and oxygen atoms in total. The third-order valence-electron chi connectivity index (χ3n) is 0. The van der Waals surface area contributed by atoms with Crippen molar-refractivity contribution in [3.05, 3.63) is 0 Å². The summed E-state index contributed by atoms with van der Waals surface area (Å²) >= 11 is 1.06. The topological polar surface area (TPSA) is 91.7 Å². The predicted molar refractivity (Wildman–Crippen MR) is 14.9 cm³/mol. The fourth-order valence-corrected chi connectivity index (χ4v) is 0. The van der Waals surface area contributed by atoms with E-state index < -0.39 is 10.4 Å². The molecule has 0 aromatic heterocycles. The molecule has 0 fully saturated rings. The molecule has 0 aliphatic rings. The van der Waals surface area contributed by atoms with E-state index in [1.807, 2.05) is 0 Å². The van der Waals surface area contributed by atoms with Crippen LogP contribution in [-0.2, 0) is 31.4 Å². The van der Waals surface area contributed by atoms with E-state index in [0.29, 0.717) is 0 Å². The quantitative estimate of drug-likeness (QED) is 0.459. The molecule has 0 saturated heterocycles. The summed E-state index contributed by atoms with van der Waals surface area (Å²) in [6.07, 6.45) is 0. The van der Waals surface area contributed by atoms with E-state index in [0.717, 1.165) is 17.4 Å². The first-order valence-corrected chi connectivity index (χ1v) is 2.85. The van der Waals surface area contributed by atoms with Crippen LogP contribution in [0.5, 0.6) is 0 Å². The number of hydrogen-bond acceptors (Lipinski definition) is 3. The van der Waals surface area contributed by atoms with Crippen LogP contribution in [0.4, 0.5) is 0 Å². The molecule has 0 aliphatic carbocycles. The van der Waals surface area contributed by atoms with Gasteiger partial charge >= 0.3 is 31.4 Å². The van der Waals surface area contributed by atoms with Crippen molar-refractivity contribution in [3.8, 4) is 0 Å². The van der Waals surface area contributed by atoms with Gasteiger partial charge in [0.05, 0.1) is 0 Å². The number of rotatable bonds is 0. The predicted octanol–water partition coefficient (Wildman–Crippen LogP) is -0.774. The Balaban J connectivity index is 0. The van der Waals surface area contributed by atoms with Gasteiger partial charge in [-0.3, -0.25) is 9.11 Å². The Labute approximate surface area is 49.5 Å². The SMILES string of the molecule is O=S(=O)(O)O.[O]=[V]. The van der Waals surface area contributed by atoms with Crippen LogP contribution in [0, 0.1) is 0 Å². The van der Waals surface area contributed by atoms with Crippen LogP contribution in [0.1, 0.15) is 0 Å². The second-order valence-electron chi connectivity index (χ2n) is 0.448. The zero-order chi connectivity index (χ0) is 6.50. The molecule has 0 atom stereocenters. The summed E-state index contributed by atoms with van der Waals surface area (Å²) in [5.74, 6) is 0. The molecular weight excluding hydrogens is 163 g/mol. The third-order valence-corrected chi connectivity index (χ3v) is 0. The van der Waals surface area contributed by atoms with Crippen LogP contribution in [0.15, 0.2) is 0 Å². The van der Waals surface area contributed by atoms with Crippen molar-refractivity contribution in [2.45, 2.75) is 0 Å².